The highest BCUT2D eigenvalue weighted by molar-refractivity contribution is 8.00. The lowest BCUT2D eigenvalue weighted by atomic mass is 10.2. The normalized spacial score (nSPS) is 30.7. The highest BCUT2D eigenvalue weighted by Gasteiger charge is 2.24. The van der Waals surface area contributed by atoms with E-state index in [9.17, 15) is 0 Å². The molecule has 3 heteroatoms. The van der Waals surface area contributed by atoms with Crippen LogP contribution in [0.5, 0.6) is 0 Å². The first kappa shape index (κ1) is 11.7. The maximum Gasteiger partial charge on any atom is 0.0666 e. The molecule has 1 nitrogen and oxygen atoms in total. The molecule has 0 amide bonds. The minimum Gasteiger partial charge on any atom is -0.377 e. The standard InChI is InChI=1S/C10H20OS2/c1-3-9(6-12)7-13-10-4-5-11-8(10)2/h8-10,12H,3-7H2,1-2H3. The van der Waals surface area contributed by atoms with E-state index in [1.54, 1.807) is 0 Å². The third kappa shape index (κ3) is 3.72. The average Bonchev–Trinajstić information content (AvgIpc) is 2.54. The molecule has 0 aliphatic carbocycles. The first-order chi connectivity index (χ1) is 6.27. The van der Waals surface area contributed by atoms with Crippen LogP contribution in [-0.4, -0.2) is 29.5 Å². The zero-order valence-electron chi connectivity index (χ0n) is 8.53. The smallest absolute Gasteiger partial charge is 0.0666 e. The molecule has 0 radical (unpaired) electrons. The van der Waals surface area contributed by atoms with E-state index in [0.717, 1.165) is 23.5 Å². The van der Waals surface area contributed by atoms with Gasteiger partial charge in [-0.3, -0.25) is 0 Å². The molecule has 1 aliphatic heterocycles. The predicted octanol–water partition coefficient (Wildman–Crippen LogP) is 2.85. The molecule has 0 N–H and O–H groups in total. The highest BCUT2D eigenvalue weighted by atomic mass is 32.2. The van der Waals surface area contributed by atoms with Crippen molar-refractivity contribution in [3.8, 4) is 0 Å². The van der Waals surface area contributed by atoms with Gasteiger partial charge in [-0.2, -0.15) is 24.4 Å². The second-order valence-electron chi connectivity index (χ2n) is 3.69. The van der Waals surface area contributed by atoms with E-state index < -0.39 is 0 Å². The van der Waals surface area contributed by atoms with Crippen LogP contribution < -0.4 is 0 Å². The summed E-state index contributed by atoms with van der Waals surface area (Å²) in [6.07, 6.45) is 2.94. The van der Waals surface area contributed by atoms with Crippen LogP contribution in [0, 0.1) is 5.92 Å². The van der Waals surface area contributed by atoms with E-state index in [4.69, 9.17) is 4.74 Å². The van der Waals surface area contributed by atoms with E-state index in [1.165, 1.54) is 18.6 Å². The van der Waals surface area contributed by atoms with Gasteiger partial charge in [-0.15, -0.1) is 0 Å². The van der Waals surface area contributed by atoms with Gasteiger partial charge in [0, 0.05) is 11.9 Å². The van der Waals surface area contributed by atoms with Crippen LogP contribution in [0.4, 0.5) is 0 Å². The van der Waals surface area contributed by atoms with Gasteiger partial charge < -0.3 is 4.74 Å². The molecule has 13 heavy (non-hydrogen) atoms. The Morgan fingerprint density at radius 1 is 1.62 bits per heavy atom. The Morgan fingerprint density at radius 3 is 2.85 bits per heavy atom. The van der Waals surface area contributed by atoms with Crippen molar-refractivity contribution in [1.29, 1.82) is 0 Å². The molecule has 1 aliphatic rings. The second-order valence-corrected chi connectivity index (χ2v) is 5.33. The van der Waals surface area contributed by atoms with Gasteiger partial charge in [0.25, 0.3) is 0 Å². The van der Waals surface area contributed by atoms with Gasteiger partial charge >= 0.3 is 0 Å². The number of hydrogen-bond acceptors (Lipinski definition) is 3. The van der Waals surface area contributed by atoms with Gasteiger partial charge in [-0.1, -0.05) is 13.3 Å². The molecular formula is C10H20OS2. The van der Waals surface area contributed by atoms with Crippen molar-refractivity contribution in [1.82, 2.24) is 0 Å². The molecule has 3 unspecified atom stereocenters. The molecule has 0 aromatic carbocycles. The average molecular weight is 220 g/mol. The van der Waals surface area contributed by atoms with Crippen molar-refractivity contribution in [2.45, 2.75) is 38.0 Å². The summed E-state index contributed by atoms with van der Waals surface area (Å²) >= 11 is 6.43. The number of thioether (sulfide) groups is 1. The molecule has 1 fully saturated rings. The van der Waals surface area contributed by atoms with Crippen molar-refractivity contribution in [3.05, 3.63) is 0 Å². The van der Waals surface area contributed by atoms with Crippen molar-refractivity contribution in [2.75, 3.05) is 18.1 Å². The summed E-state index contributed by atoms with van der Waals surface area (Å²) in [4.78, 5) is 0. The molecule has 78 valence electrons. The van der Waals surface area contributed by atoms with Gasteiger partial charge in [-0.05, 0) is 30.8 Å². The van der Waals surface area contributed by atoms with Crippen LogP contribution >= 0.6 is 24.4 Å². The van der Waals surface area contributed by atoms with E-state index in [0.29, 0.717) is 6.10 Å². The molecule has 0 saturated carbocycles. The minimum atomic E-state index is 0.461. The van der Waals surface area contributed by atoms with Crippen LogP contribution in [-0.2, 0) is 4.74 Å². The van der Waals surface area contributed by atoms with E-state index in [2.05, 4.69) is 38.2 Å². The van der Waals surface area contributed by atoms with Gasteiger partial charge in [0.15, 0.2) is 0 Å². The van der Waals surface area contributed by atoms with Gasteiger partial charge in [0.05, 0.1) is 6.10 Å². The maximum atomic E-state index is 5.53. The summed E-state index contributed by atoms with van der Waals surface area (Å²) in [6, 6.07) is 0. The van der Waals surface area contributed by atoms with E-state index in [1.807, 2.05) is 0 Å². The fraction of sp³-hybridized carbons (Fsp3) is 1.00. The SMILES string of the molecule is CCC(CS)CSC1CCOC1C. The Hall–Kier alpha value is 0.660. The largest absolute Gasteiger partial charge is 0.377 e. The Labute approximate surface area is 91.4 Å². The maximum absolute atomic E-state index is 5.53. The third-order valence-electron chi connectivity index (χ3n) is 2.69. The van der Waals surface area contributed by atoms with Crippen LogP contribution in [0.15, 0.2) is 0 Å². The van der Waals surface area contributed by atoms with Crippen molar-refractivity contribution in [3.63, 3.8) is 0 Å². The molecule has 3 atom stereocenters. The summed E-state index contributed by atoms with van der Waals surface area (Å²) in [7, 11) is 0. The Kier molecular flexibility index (Phi) is 5.60. The monoisotopic (exact) mass is 220 g/mol. The minimum absolute atomic E-state index is 0.461. The van der Waals surface area contributed by atoms with Crippen molar-refractivity contribution < 1.29 is 4.74 Å². The molecule has 0 aromatic rings. The lowest BCUT2D eigenvalue weighted by Crippen LogP contribution is -2.16. The van der Waals surface area contributed by atoms with Crippen LogP contribution in [0.1, 0.15) is 26.7 Å². The van der Waals surface area contributed by atoms with Crippen LogP contribution in [0.2, 0.25) is 0 Å². The van der Waals surface area contributed by atoms with Gasteiger partial charge in [-0.25, -0.2) is 0 Å². The second kappa shape index (κ2) is 6.20. The van der Waals surface area contributed by atoms with Gasteiger partial charge in [0.1, 0.15) is 0 Å². The molecule has 1 heterocycles. The van der Waals surface area contributed by atoms with Crippen molar-refractivity contribution >= 4 is 24.4 Å². The number of thiol groups is 1. The Bertz CT molecular complexity index is 137. The lowest BCUT2D eigenvalue weighted by Gasteiger charge is -2.17. The quantitative estimate of drug-likeness (QED) is 0.714. The molecule has 1 rings (SSSR count). The zero-order chi connectivity index (χ0) is 9.68. The Balaban J connectivity index is 2.17. The first-order valence-electron chi connectivity index (χ1n) is 5.12. The molecule has 0 aromatic heterocycles. The summed E-state index contributed by atoms with van der Waals surface area (Å²) in [5.41, 5.74) is 0. The molecule has 0 spiro atoms. The highest BCUT2D eigenvalue weighted by Crippen LogP contribution is 2.28. The fourth-order valence-corrected chi connectivity index (χ4v) is 3.54. The third-order valence-corrected chi connectivity index (χ3v) is 4.92. The van der Waals surface area contributed by atoms with E-state index >= 15 is 0 Å². The van der Waals surface area contributed by atoms with Crippen LogP contribution in [0.25, 0.3) is 0 Å². The zero-order valence-corrected chi connectivity index (χ0v) is 10.2. The molecule has 0 bridgehead atoms. The van der Waals surface area contributed by atoms with Crippen LogP contribution in [0.3, 0.4) is 0 Å². The van der Waals surface area contributed by atoms with Gasteiger partial charge in [0.2, 0.25) is 0 Å². The van der Waals surface area contributed by atoms with E-state index in [-0.39, 0.29) is 0 Å². The summed E-state index contributed by atoms with van der Waals surface area (Å²) in [6.45, 7) is 5.39. The molecular weight excluding hydrogens is 200 g/mol. The number of rotatable bonds is 5. The summed E-state index contributed by atoms with van der Waals surface area (Å²) in [5, 5.41) is 0.730. The predicted molar refractivity (Wildman–Crippen MR) is 63.9 cm³/mol. The van der Waals surface area contributed by atoms with Crippen molar-refractivity contribution in [2.24, 2.45) is 5.92 Å². The summed E-state index contributed by atoms with van der Waals surface area (Å²) < 4.78 is 5.53. The number of ether oxygens (including phenoxy) is 1. The number of hydrogen-bond donors (Lipinski definition) is 1. The summed E-state index contributed by atoms with van der Waals surface area (Å²) in [5.74, 6) is 3.05. The first-order valence-corrected chi connectivity index (χ1v) is 6.80. The Morgan fingerprint density at radius 2 is 2.38 bits per heavy atom. The lowest BCUT2D eigenvalue weighted by molar-refractivity contribution is 0.127. The molecule has 1 saturated heterocycles. The fourth-order valence-electron chi connectivity index (χ4n) is 1.49. The topological polar surface area (TPSA) is 9.23 Å².